The molecule has 2 aromatic carbocycles. The molecule has 1 saturated heterocycles. The zero-order valence-corrected chi connectivity index (χ0v) is 18.1. The van der Waals surface area contributed by atoms with Crippen LogP contribution in [0, 0.1) is 19.8 Å². The Hall–Kier alpha value is -3.32. The molecule has 2 heterocycles. The first-order valence-electron chi connectivity index (χ1n) is 10.1. The van der Waals surface area contributed by atoms with Crippen molar-refractivity contribution in [3.05, 3.63) is 64.9 Å². The third-order valence-electron chi connectivity index (χ3n) is 5.33. The number of rotatable bonds is 5. The Balaban J connectivity index is 1.38. The van der Waals surface area contributed by atoms with Gasteiger partial charge in [-0.05, 0) is 32.0 Å². The Kier molecular flexibility index (Phi) is 5.95. The summed E-state index contributed by atoms with van der Waals surface area (Å²) in [4.78, 5) is 26.7. The Labute approximate surface area is 185 Å². The molecule has 1 atom stereocenters. The van der Waals surface area contributed by atoms with Gasteiger partial charge in [0.25, 0.3) is 0 Å². The Bertz CT molecular complexity index is 1110. The zero-order valence-electron chi connectivity index (χ0n) is 17.3. The second-order valence-corrected chi connectivity index (χ2v) is 8.09. The fraction of sp³-hybridized carbons (Fsp3) is 0.261. The third-order valence-corrected chi connectivity index (χ3v) is 5.66. The first-order chi connectivity index (χ1) is 14.9. The minimum absolute atomic E-state index is 0.0335. The number of nitrogens with zero attached hydrogens (tertiary/aromatic N) is 2. The Morgan fingerprint density at radius 1 is 1.19 bits per heavy atom. The number of halogens is 1. The minimum atomic E-state index is -0.388. The van der Waals surface area contributed by atoms with E-state index < -0.39 is 0 Å². The average molecular weight is 439 g/mol. The second-order valence-electron chi connectivity index (χ2n) is 7.69. The van der Waals surface area contributed by atoms with E-state index in [1.807, 2.05) is 49.4 Å². The van der Waals surface area contributed by atoms with Crippen molar-refractivity contribution in [3.63, 3.8) is 0 Å². The number of nitrogens with one attached hydrogen (secondary N) is 2. The molecule has 1 fully saturated rings. The van der Waals surface area contributed by atoms with Crippen LogP contribution in [0.15, 0.2) is 53.1 Å². The highest BCUT2D eigenvalue weighted by Crippen LogP contribution is 2.34. The summed E-state index contributed by atoms with van der Waals surface area (Å²) in [6, 6.07) is 14.7. The monoisotopic (exact) mass is 438 g/mol. The first-order valence-corrected chi connectivity index (χ1v) is 10.4. The number of benzene rings is 2. The molecule has 0 saturated carbocycles. The predicted molar refractivity (Wildman–Crippen MR) is 120 cm³/mol. The molecular weight excluding hydrogens is 416 g/mol. The molecule has 2 N–H and O–H groups in total. The summed E-state index contributed by atoms with van der Waals surface area (Å²) in [5.41, 5.74) is 3.64. The molecule has 160 valence electrons. The van der Waals surface area contributed by atoms with Crippen molar-refractivity contribution in [1.82, 2.24) is 10.5 Å². The van der Waals surface area contributed by atoms with Gasteiger partial charge >= 0.3 is 6.03 Å². The molecule has 31 heavy (non-hydrogen) atoms. The summed E-state index contributed by atoms with van der Waals surface area (Å²) in [7, 11) is 0. The van der Waals surface area contributed by atoms with Gasteiger partial charge < -0.3 is 20.1 Å². The Morgan fingerprint density at radius 2 is 1.94 bits per heavy atom. The van der Waals surface area contributed by atoms with Gasteiger partial charge in [-0.1, -0.05) is 52.7 Å². The molecule has 0 radical (unpaired) electrons. The number of amides is 3. The summed E-state index contributed by atoms with van der Waals surface area (Å²) in [5.74, 6) is 0.574. The van der Waals surface area contributed by atoms with Crippen molar-refractivity contribution in [2.24, 2.45) is 5.92 Å². The smallest absolute Gasteiger partial charge is 0.319 e. The highest BCUT2D eigenvalue weighted by molar-refractivity contribution is 6.33. The van der Waals surface area contributed by atoms with Crippen LogP contribution in [0.5, 0.6) is 0 Å². The van der Waals surface area contributed by atoms with Crippen LogP contribution in [-0.4, -0.2) is 30.2 Å². The molecule has 1 unspecified atom stereocenters. The maximum atomic E-state index is 12.5. The van der Waals surface area contributed by atoms with Crippen LogP contribution in [-0.2, 0) is 4.79 Å². The highest BCUT2D eigenvalue weighted by atomic mass is 35.5. The van der Waals surface area contributed by atoms with Crippen LogP contribution in [0.25, 0.3) is 11.3 Å². The van der Waals surface area contributed by atoms with Crippen molar-refractivity contribution in [1.29, 1.82) is 0 Å². The Morgan fingerprint density at radius 3 is 2.68 bits per heavy atom. The third kappa shape index (κ3) is 4.56. The number of aromatic nitrogens is 1. The summed E-state index contributed by atoms with van der Waals surface area (Å²) in [6.07, 6.45) is 0.394. The number of urea groups is 1. The van der Waals surface area contributed by atoms with Gasteiger partial charge in [-0.3, -0.25) is 4.79 Å². The molecule has 0 spiro atoms. The molecule has 4 rings (SSSR count). The molecule has 0 aliphatic carbocycles. The molecular formula is C23H23ClN4O3. The van der Waals surface area contributed by atoms with Crippen LogP contribution in [0.3, 0.4) is 0 Å². The molecule has 1 aromatic heterocycles. The summed E-state index contributed by atoms with van der Waals surface area (Å²) >= 11 is 6.26. The number of hydrogen-bond acceptors (Lipinski definition) is 4. The SMILES string of the molecule is Cc1ccc(N2CC(CNC(=O)Nc3c(-c4ccccc4Cl)noc3C)CC2=O)cc1. The van der Waals surface area contributed by atoms with Crippen LogP contribution in [0.2, 0.25) is 5.02 Å². The predicted octanol–water partition coefficient (Wildman–Crippen LogP) is 4.79. The van der Waals surface area contributed by atoms with Gasteiger partial charge in [0.05, 0.1) is 5.02 Å². The lowest BCUT2D eigenvalue weighted by Crippen LogP contribution is -2.34. The largest absolute Gasteiger partial charge is 0.359 e. The topological polar surface area (TPSA) is 87.5 Å². The minimum Gasteiger partial charge on any atom is -0.359 e. The number of aryl methyl sites for hydroxylation is 2. The molecule has 3 aromatic rings. The lowest BCUT2D eigenvalue weighted by atomic mass is 10.1. The first kappa shape index (κ1) is 20.9. The number of anilines is 2. The van der Waals surface area contributed by atoms with E-state index in [9.17, 15) is 9.59 Å². The molecule has 3 amide bonds. The van der Waals surface area contributed by atoms with E-state index in [0.717, 1.165) is 11.3 Å². The van der Waals surface area contributed by atoms with Crippen LogP contribution < -0.4 is 15.5 Å². The molecule has 8 heteroatoms. The maximum absolute atomic E-state index is 12.5. The zero-order chi connectivity index (χ0) is 22.0. The van der Waals surface area contributed by atoms with Crippen LogP contribution in [0.1, 0.15) is 17.7 Å². The van der Waals surface area contributed by atoms with E-state index in [4.69, 9.17) is 16.1 Å². The van der Waals surface area contributed by atoms with Crippen LogP contribution >= 0.6 is 11.6 Å². The summed E-state index contributed by atoms with van der Waals surface area (Å²) in [5, 5.41) is 10.2. The van der Waals surface area contributed by atoms with Gasteiger partial charge in [-0.2, -0.15) is 0 Å². The van der Waals surface area contributed by atoms with Crippen LogP contribution in [0.4, 0.5) is 16.2 Å². The van der Waals surface area contributed by atoms with Crippen molar-refractivity contribution in [2.45, 2.75) is 20.3 Å². The molecule has 1 aliphatic heterocycles. The van der Waals surface area contributed by atoms with E-state index in [1.54, 1.807) is 17.9 Å². The second kappa shape index (κ2) is 8.81. The van der Waals surface area contributed by atoms with E-state index in [2.05, 4.69) is 15.8 Å². The number of carbonyl (C=O) groups is 2. The van der Waals surface area contributed by atoms with Gasteiger partial charge in [-0.15, -0.1) is 0 Å². The molecule has 7 nitrogen and oxygen atoms in total. The number of hydrogen-bond donors (Lipinski definition) is 2. The van der Waals surface area contributed by atoms with Crippen molar-refractivity contribution in [3.8, 4) is 11.3 Å². The maximum Gasteiger partial charge on any atom is 0.319 e. The summed E-state index contributed by atoms with van der Waals surface area (Å²) < 4.78 is 5.27. The van der Waals surface area contributed by atoms with E-state index >= 15 is 0 Å². The van der Waals surface area contributed by atoms with E-state index in [0.29, 0.717) is 47.2 Å². The van der Waals surface area contributed by atoms with E-state index in [1.165, 1.54) is 0 Å². The molecule has 1 aliphatic rings. The van der Waals surface area contributed by atoms with E-state index in [-0.39, 0.29) is 17.9 Å². The van der Waals surface area contributed by atoms with Gasteiger partial charge in [0.15, 0.2) is 5.76 Å². The van der Waals surface area contributed by atoms with Gasteiger partial charge in [-0.25, -0.2) is 4.79 Å². The fourth-order valence-electron chi connectivity index (χ4n) is 3.64. The highest BCUT2D eigenvalue weighted by Gasteiger charge is 2.31. The lowest BCUT2D eigenvalue weighted by molar-refractivity contribution is -0.117. The number of carbonyl (C=O) groups excluding carboxylic acids is 2. The molecule has 0 bridgehead atoms. The normalized spacial score (nSPS) is 15.9. The summed E-state index contributed by atoms with van der Waals surface area (Å²) in [6.45, 7) is 4.68. The van der Waals surface area contributed by atoms with Crippen molar-refractivity contribution >= 4 is 34.9 Å². The standard InChI is InChI=1S/C23H23ClN4O3/c1-14-7-9-17(10-8-14)28-13-16(11-20(28)29)12-25-23(30)26-21-15(2)31-27-22(21)18-5-3-4-6-19(18)24/h3-10,16H,11-13H2,1-2H3,(H2,25,26,30). The fourth-order valence-corrected chi connectivity index (χ4v) is 3.87. The van der Waals surface area contributed by atoms with Crippen molar-refractivity contribution in [2.75, 3.05) is 23.3 Å². The lowest BCUT2D eigenvalue weighted by Gasteiger charge is -2.17. The average Bonchev–Trinajstić information content (AvgIpc) is 3.30. The van der Waals surface area contributed by atoms with Gasteiger partial charge in [0.2, 0.25) is 5.91 Å². The van der Waals surface area contributed by atoms with Gasteiger partial charge in [0.1, 0.15) is 11.4 Å². The van der Waals surface area contributed by atoms with Gasteiger partial charge in [0, 0.05) is 36.7 Å². The quantitative estimate of drug-likeness (QED) is 0.599. The van der Waals surface area contributed by atoms with Crippen molar-refractivity contribution < 1.29 is 14.1 Å².